The molecule has 1 saturated heterocycles. The second-order valence-electron chi connectivity index (χ2n) is 9.21. The minimum absolute atomic E-state index is 0.0797. The van der Waals surface area contributed by atoms with Crippen LogP contribution in [-0.4, -0.2) is 79.7 Å². The zero-order chi connectivity index (χ0) is 27.5. The minimum Gasteiger partial charge on any atom is -0.483 e. The monoisotopic (exact) mass is 529 g/mol. The Morgan fingerprint density at radius 1 is 1.00 bits per heavy atom. The van der Waals surface area contributed by atoms with E-state index in [1.54, 1.807) is 18.2 Å². The average molecular weight is 530 g/mol. The molecule has 0 bridgehead atoms. The van der Waals surface area contributed by atoms with E-state index in [-0.39, 0.29) is 55.0 Å². The van der Waals surface area contributed by atoms with Crippen LogP contribution in [0.3, 0.4) is 0 Å². The molecule has 0 saturated carbocycles. The Labute approximate surface area is 221 Å². The van der Waals surface area contributed by atoms with E-state index in [0.717, 1.165) is 43.4 Å². The van der Waals surface area contributed by atoms with Crippen molar-refractivity contribution in [3.63, 3.8) is 0 Å². The highest BCUT2D eigenvalue weighted by Gasteiger charge is 2.44. The molecule has 12 heteroatoms. The van der Waals surface area contributed by atoms with Crippen LogP contribution in [0.4, 0.5) is 0 Å². The molecule has 1 fully saturated rings. The molecule has 5 amide bonds. The molecule has 1 aromatic rings. The summed E-state index contributed by atoms with van der Waals surface area (Å²) in [6, 6.07) is 3.81. The highest BCUT2D eigenvalue weighted by Crippen LogP contribution is 2.33. The number of nitrogens with one attached hydrogen (secondary N) is 4. The van der Waals surface area contributed by atoms with Gasteiger partial charge in [0.2, 0.25) is 17.7 Å². The van der Waals surface area contributed by atoms with Gasteiger partial charge in [-0.2, -0.15) is 0 Å². The largest absolute Gasteiger partial charge is 0.483 e. The second-order valence-corrected chi connectivity index (χ2v) is 9.21. The summed E-state index contributed by atoms with van der Waals surface area (Å²) in [5.74, 6) is -1.97. The first-order valence-corrected chi connectivity index (χ1v) is 12.9. The Bertz CT molecular complexity index is 1070. The van der Waals surface area contributed by atoms with Gasteiger partial charge in [-0.05, 0) is 25.3 Å². The molecule has 2 aliphatic heterocycles. The molecule has 1 atom stereocenters. The van der Waals surface area contributed by atoms with Crippen LogP contribution in [0.5, 0.6) is 5.75 Å². The molecular formula is C26H35N5O7. The number of amides is 5. The molecule has 0 radical (unpaired) electrons. The molecule has 2 heterocycles. The number of methoxy groups -OCH3 is 1. The number of benzene rings is 1. The summed E-state index contributed by atoms with van der Waals surface area (Å²) in [5, 5.41) is 16.2. The fourth-order valence-corrected chi connectivity index (χ4v) is 4.44. The van der Waals surface area contributed by atoms with Crippen LogP contribution in [0.2, 0.25) is 0 Å². The van der Waals surface area contributed by atoms with Crippen molar-refractivity contribution in [1.29, 1.82) is 5.41 Å². The smallest absolute Gasteiger partial charge is 0.264 e. The minimum atomic E-state index is -0.946. The number of hydrogen-bond donors (Lipinski definition) is 4. The first-order valence-electron chi connectivity index (χ1n) is 12.9. The molecule has 206 valence electrons. The fraction of sp³-hybridized carbons (Fsp3) is 0.538. The van der Waals surface area contributed by atoms with Gasteiger partial charge in [0, 0.05) is 32.2 Å². The van der Waals surface area contributed by atoms with Crippen molar-refractivity contribution in [3.05, 3.63) is 29.3 Å². The fourth-order valence-electron chi connectivity index (χ4n) is 4.44. The predicted molar refractivity (Wildman–Crippen MR) is 137 cm³/mol. The van der Waals surface area contributed by atoms with Gasteiger partial charge >= 0.3 is 0 Å². The Hall–Kier alpha value is -3.80. The van der Waals surface area contributed by atoms with Crippen LogP contribution < -0.4 is 20.7 Å². The van der Waals surface area contributed by atoms with Gasteiger partial charge in [-0.3, -0.25) is 39.6 Å². The number of carbonyl (C=O) groups is 5. The summed E-state index contributed by atoms with van der Waals surface area (Å²) >= 11 is 0. The average Bonchev–Trinajstić information content (AvgIpc) is 3.14. The molecule has 3 rings (SSSR count). The number of nitrogens with zero attached hydrogens (tertiary/aromatic N) is 1. The lowest BCUT2D eigenvalue weighted by Gasteiger charge is -2.29. The van der Waals surface area contributed by atoms with Crippen molar-refractivity contribution in [2.45, 2.75) is 57.4 Å². The van der Waals surface area contributed by atoms with E-state index in [0.29, 0.717) is 18.7 Å². The van der Waals surface area contributed by atoms with Crippen LogP contribution in [0.15, 0.2) is 18.2 Å². The maximum atomic E-state index is 13.1. The molecule has 38 heavy (non-hydrogen) atoms. The Kier molecular flexibility index (Phi) is 10.8. The Morgan fingerprint density at radius 2 is 1.63 bits per heavy atom. The zero-order valence-electron chi connectivity index (χ0n) is 21.6. The molecule has 0 spiro atoms. The van der Waals surface area contributed by atoms with Crippen molar-refractivity contribution >= 4 is 35.4 Å². The van der Waals surface area contributed by atoms with Gasteiger partial charge in [0.1, 0.15) is 24.2 Å². The highest BCUT2D eigenvalue weighted by molar-refractivity contribution is 6.25. The van der Waals surface area contributed by atoms with Crippen LogP contribution in [0.25, 0.3) is 0 Å². The van der Waals surface area contributed by atoms with E-state index < -0.39 is 23.8 Å². The molecule has 1 aromatic carbocycles. The molecule has 1 unspecified atom stereocenters. The molecule has 0 aromatic heterocycles. The van der Waals surface area contributed by atoms with Gasteiger partial charge in [0.15, 0.2) is 6.61 Å². The van der Waals surface area contributed by atoms with Crippen molar-refractivity contribution in [2.75, 3.05) is 33.4 Å². The van der Waals surface area contributed by atoms with Gasteiger partial charge in [-0.15, -0.1) is 0 Å². The van der Waals surface area contributed by atoms with E-state index in [9.17, 15) is 24.0 Å². The van der Waals surface area contributed by atoms with E-state index >= 15 is 0 Å². The lowest BCUT2D eigenvalue weighted by Crippen LogP contribution is -2.54. The summed E-state index contributed by atoms with van der Waals surface area (Å²) < 4.78 is 10.4. The standard InChI is InChI=1S/C26H35N5O7/c1-37-15-21(33)28-13-6-4-2-3-5-7-14-29-22(34)16-38-19-10-8-9-17-23(19)26(36)31(24(17)27)18-11-12-20(32)30-25(18)35/h8-10,18,27H,2-7,11-16H2,1H3,(H,28,33)(H,29,34)(H,30,32,35). The van der Waals surface area contributed by atoms with Crippen LogP contribution in [0.1, 0.15) is 67.3 Å². The number of imide groups is 1. The van der Waals surface area contributed by atoms with E-state index in [2.05, 4.69) is 16.0 Å². The number of fused-ring (bicyclic) bond motifs is 1. The topological polar surface area (TPSA) is 167 Å². The van der Waals surface area contributed by atoms with Crippen LogP contribution in [-0.2, 0) is 23.9 Å². The van der Waals surface area contributed by atoms with E-state index in [1.165, 1.54) is 7.11 Å². The predicted octanol–water partition coefficient (Wildman–Crippen LogP) is 0.871. The summed E-state index contributed by atoms with van der Waals surface area (Å²) in [6.45, 7) is 0.945. The van der Waals surface area contributed by atoms with E-state index in [4.69, 9.17) is 14.9 Å². The number of rotatable bonds is 15. The Morgan fingerprint density at radius 3 is 2.26 bits per heavy atom. The van der Waals surface area contributed by atoms with Gasteiger partial charge in [-0.1, -0.05) is 37.8 Å². The van der Waals surface area contributed by atoms with Gasteiger partial charge < -0.3 is 20.1 Å². The van der Waals surface area contributed by atoms with Gasteiger partial charge in [-0.25, -0.2) is 0 Å². The lowest BCUT2D eigenvalue weighted by atomic mass is 10.0. The number of ether oxygens (including phenoxy) is 2. The van der Waals surface area contributed by atoms with Crippen molar-refractivity contribution in [2.24, 2.45) is 0 Å². The summed E-state index contributed by atoms with van der Waals surface area (Å²) in [6.07, 6.45) is 6.04. The highest BCUT2D eigenvalue weighted by atomic mass is 16.5. The first kappa shape index (κ1) is 28.8. The third-order valence-electron chi connectivity index (χ3n) is 6.36. The van der Waals surface area contributed by atoms with E-state index in [1.807, 2.05) is 0 Å². The maximum Gasteiger partial charge on any atom is 0.264 e. The molecule has 2 aliphatic rings. The van der Waals surface area contributed by atoms with Crippen molar-refractivity contribution in [3.8, 4) is 5.75 Å². The third-order valence-corrected chi connectivity index (χ3v) is 6.36. The number of hydrogen-bond acceptors (Lipinski definition) is 8. The maximum absolute atomic E-state index is 13.1. The first-order chi connectivity index (χ1) is 18.3. The molecular weight excluding hydrogens is 494 g/mol. The van der Waals surface area contributed by atoms with Gasteiger partial charge in [0.05, 0.1) is 5.56 Å². The lowest BCUT2D eigenvalue weighted by molar-refractivity contribution is -0.136. The molecule has 0 aliphatic carbocycles. The van der Waals surface area contributed by atoms with Crippen molar-refractivity contribution in [1.82, 2.24) is 20.9 Å². The second kappa shape index (κ2) is 14.2. The molecule has 12 nitrogen and oxygen atoms in total. The Balaban J connectivity index is 1.36. The van der Waals surface area contributed by atoms with Crippen molar-refractivity contribution < 1.29 is 33.4 Å². The summed E-state index contributed by atoms with van der Waals surface area (Å²) in [4.78, 5) is 61.5. The van der Waals surface area contributed by atoms with Crippen LogP contribution in [0, 0.1) is 5.41 Å². The number of piperidine rings is 1. The van der Waals surface area contributed by atoms with Crippen LogP contribution >= 0.6 is 0 Å². The summed E-state index contributed by atoms with van der Waals surface area (Å²) in [7, 11) is 1.49. The number of carbonyl (C=O) groups excluding carboxylic acids is 5. The summed E-state index contributed by atoms with van der Waals surface area (Å²) in [5.41, 5.74) is 0.447. The number of amidine groups is 1. The van der Waals surface area contributed by atoms with Gasteiger partial charge in [0.25, 0.3) is 11.8 Å². The SMILES string of the molecule is COCC(=O)NCCCCCCCCNC(=O)COc1cccc2c1C(=O)N(C1CCC(=O)NC1=O)C2=N. The molecule has 4 N–H and O–H groups in total. The number of unbranched alkanes of at least 4 members (excludes halogenated alkanes) is 5. The normalized spacial score (nSPS) is 16.8. The third kappa shape index (κ3) is 7.60. The zero-order valence-corrected chi connectivity index (χ0v) is 21.6. The quantitative estimate of drug-likeness (QED) is 0.193.